The second-order valence-corrected chi connectivity index (χ2v) is 4.50. The van der Waals surface area contributed by atoms with Crippen molar-refractivity contribution in [2.24, 2.45) is 5.92 Å². The van der Waals surface area contributed by atoms with Crippen LogP contribution in [0, 0.1) is 5.92 Å². The molecule has 1 aliphatic rings. The maximum atomic E-state index is 9.76. The van der Waals surface area contributed by atoms with Gasteiger partial charge in [-0.05, 0) is 32.6 Å². The van der Waals surface area contributed by atoms with E-state index in [9.17, 15) is 10.2 Å². The molecule has 1 saturated carbocycles. The van der Waals surface area contributed by atoms with Crippen LogP contribution in [-0.2, 0) is 0 Å². The largest absolute Gasteiger partial charge is 0.390 e. The lowest BCUT2D eigenvalue weighted by Gasteiger charge is -2.34. The van der Waals surface area contributed by atoms with E-state index in [1.165, 1.54) is 19.3 Å². The first kappa shape index (κ1) is 10.0. The van der Waals surface area contributed by atoms with E-state index in [1.807, 2.05) is 0 Å². The van der Waals surface area contributed by atoms with Crippen molar-refractivity contribution in [2.45, 2.75) is 57.7 Å². The highest BCUT2D eigenvalue weighted by molar-refractivity contribution is 4.84. The molecule has 1 fully saturated rings. The molecule has 2 heteroatoms. The Hall–Kier alpha value is -0.0800. The van der Waals surface area contributed by atoms with Gasteiger partial charge < -0.3 is 10.2 Å². The van der Waals surface area contributed by atoms with Crippen molar-refractivity contribution in [3.05, 3.63) is 0 Å². The first-order chi connectivity index (χ1) is 5.52. The van der Waals surface area contributed by atoms with Crippen LogP contribution in [0.1, 0.15) is 46.0 Å². The lowest BCUT2D eigenvalue weighted by atomic mass is 9.80. The van der Waals surface area contributed by atoms with E-state index < -0.39 is 11.7 Å². The van der Waals surface area contributed by atoms with E-state index in [4.69, 9.17) is 0 Å². The van der Waals surface area contributed by atoms with Crippen molar-refractivity contribution in [2.75, 3.05) is 0 Å². The van der Waals surface area contributed by atoms with E-state index in [2.05, 4.69) is 0 Å². The van der Waals surface area contributed by atoms with Crippen LogP contribution in [0.2, 0.25) is 0 Å². The fraction of sp³-hybridized carbons (Fsp3) is 1.00. The molecule has 0 heterocycles. The third-order valence-corrected chi connectivity index (χ3v) is 2.82. The van der Waals surface area contributed by atoms with Gasteiger partial charge in [0, 0.05) is 0 Å². The van der Waals surface area contributed by atoms with Crippen LogP contribution < -0.4 is 0 Å². The molecule has 0 bridgehead atoms. The molecule has 1 atom stereocenters. The number of rotatable bonds is 2. The molecule has 0 radical (unpaired) electrons. The van der Waals surface area contributed by atoms with Crippen LogP contribution in [-0.4, -0.2) is 21.9 Å². The molecule has 0 spiro atoms. The molecule has 12 heavy (non-hydrogen) atoms. The molecule has 2 nitrogen and oxygen atoms in total. The van der Waals surface area contributed by atoms with Gasteiger partial charge in [-0.1, -0.05) is 19.3 Å². The lowest BCUT2D eigenvalue weighted by molar-refractivity contribution is -0.0833. The Bertz CT molecular complexity index is 131. The smallest absolute Gasteiger partial charge is 0.0852 e. The Morgan fingerprint density at radius 3 is 2.08 bits per heavy atom. The quantitative estimate of drug-likeness (QED) is 0.665. The van der Waals surface area contributed by atoms with Gasteiger partial charge in [-0.3, -0.25) is 0 Å². The zero-order valence-electron chi connectivity index (χ0n) is 8.08. The summed E-state index contributed by atoms with van der Waals surface area (Å²) in [6.07, 6.45) is 5.30. The van der Waals surface area contributed by atoms with Crippen LogP contribution in [0.15, 0.2) is 0 Å². The normalized spacial score (nSPS) is 24.0. The zero-order valence-corrected chi connectivity index (χ0v) is 8.08. The van der Waals surface area contributed by atoms with Gasteiger partial charge in [-0.2, -0.15) is 0 Å². The van der Waals surface area contributed by atoms with Gasteiger partial charge in [0.15, 0.2) is 0 Å². The van der Waals surface area contributed by atoms with Crippen LogP contribution in [0.3, 0.4) is 0 Å². The van der Waals surface area contributed by atoms with Crippen LogP contribution in [0.25, 0.3) is 0 Å². The predicted molar refractivity (Wildman–Crippen MR) is 48.9 cm³/mol. The van der Waals surface area contributed by atoms with Crippen molar-refractivity contribution in [3.8, 4) is 0 Å². The Labute approximate surface area is 74.6 Å². The van der Waals surface area contributed by atoms with Crippen LogP contribution in [0.5, 0.6) is 0 Å². The molecular weight excluding hydrogens is 152 g/mol. The summed E-state index contributed by atoms with van der Waals surface area (Å²) < 4.78 is 0. The highest BCUT2D eigenvalue weighted by Crippen LogP contribution is 2.30. The third-order valence-electron chi connectivity index (χ3n) is 2.82. The zero-order chi connectivity index (χ0) is 9.19. The van der Waals surface area contributed by atoms with Crippen molar-refractivity contribution in [3.63, 3.8) is 0 Å². The number of hydrogen-bond acceptors (Lipinski definition) is 2. The maximum absolute atomic E-state index is 9.76. The summed E-state index contributed by atoms with van der Waals surface area (Å²) in [6, 6.07) is 0. The first-order valence-corrected chi connectivity index (χ1v) is 4.92. The Kier molecular flexibility index (Phi) is 3.13. The Balaban J connectivity index is 2.45. The summed E-state index contributed by atoms with van der Waals surface area (Å²) in [6.45, 7) is 3.37. The molecule has 0 aromatic carbocycles. The topological polar surface area (TPSA) is 40.5 Å². The molecule has 1 rings (SSSR count). The molecule has 0 aliphatic heterocycles. The SMILES string of the molecule is CC(C)(O)C(O)C1CCCCC1. The number of aliphatic hydroxyl groups excluding tert-OH is 1. The van der Waals surface area contributed by atoms with Gasteiger partial charge in [0.2, 0.25) is 0 Å². The van der Waals surface area contributed by atoms with Gasteiger partial charge in [0.1, 0.15) is 0 Å². The molecule has 0 amide bonds. The summed E-state index contributed by atoms with van der Waals surface area (Å²) in [4.78, 5) is 0. The summed E-state index contributed by atoms with van der Waals surface area (Å²) >= 11 is 0. The van der Waals surface area contributed by atoms with Crippen molar-refractivity contribution in [1.29, 1.82) is 0 Å². The molecule has 0 saturated heterocycles. The van der Waals surface area contributed by atoms with Gasteiger partial charge in [-0.15, -0.1) is 0 Å². The average molecular weight is 172 g/mol. The molecule has 1 unspecified atom stereocenters. The molecule has 1 aliphatic carbocycles. The maximum Gasteiger partial charge on any atom is 0.0852 e. The molecule has 0 aromatic rings. The van der Waals surface area contributed by atoms with Crippen LogP contribution in [0.4, 0.5) is 0 Å². The second kappa shape index (κ2) is 3.75. The van der Waals surface area contributed by atoms with Crippen LogP contribution >= 0.6 is 0 Å². The molecule has 2 N–H and O–H groups in total. The third kappa shape index (κ3) is 2.46. The Morgan fingerprint density at radius 1 is 1.17 bits per heavy atom. The van der Waals surface area contributed by atoms with Crippen molar-refractivity contribution < 1.29 is 10.2 Å². The fourth-order valence-electron chi connectivity index (χ4n) is 2.03. The molecule has 0 aromatic heterocycles. The first-order valence-electron chi connectivity index (χ1n) is 4.92. The number of hydrogen-bond donors (Lipinski definition) is 2. The molecule has 72 valence electrons. The van der Waals surface area contributed by atoms with E-state index in [1.54, 1.807) is 13.8 Å². The van der Waals surface area contributed by atoms with E-state index >= 15 is 0 Å². The highest BCUT2D eigenvalue weighted by atomic mass is 16.3. The minimum Gasteiger partial charge on any atom is -0.390 e. The van der Waals surface area contributed by atoms with Crippen molar-refractivity contribution in [1.82, 2.24) is 0 Å². The monoisotopic (exact) mass is 172 g/mol. The standard InChI is InChI=1S/C10H20O2/c1-10(2,12)9(11)8-6-4-3-5-7-8/h8-9,11-12H,3-7H2,1-2H3. The van der Waals surface area contributed by atoms with E-state index in [-0.39, 0.29) is 0 Å². The summed E-state index contributed by atoms with van der Waals surface area (Å²) in [5.41, 5.74) is -0.929. The molecular formula is C10H20O2. The van der Waals surface area contributed by atoms with Gasteiger partial charge in [0.05, 0.1) is 11.7 Å². The van der Waals surface area contributed by atoms with E-state index in [0.717, 1.165) is 12.8 Å². The van der Waals surface area contributed by atoms with E-state index in [0.29, 0.717) is 5.92 Å². The van der Waals surface area contributed by atoms with Gasteiger partial charge in [0.25, 0.3) is 0 Å². The predicted octanol–water partition coefficient (Wildman–Crippen LogP) is 1.70. The van der Waals surface area contributed by atoms with Gasteiger partial charge >= 0.3 is 0 Å². The highest BCUT2D eigenvalue weighted by Gasteiger charge is 2.32. The minimum atomic E-state index is -0.929. The summed E-state index contributed by atoms with van der Waals surface area (Å²) in [5.74, 6) is 0.318. The van der Waals surface area contributed by atoms with Crippen molar-refractivity contribution >= 4 is 0 Å². The fourth-order valence-corrected chi connectivity index (χ4v) is 2.03. The lowest BCUT2D eigenvalue weighted by Crippen LogP contribution is -2.42. The summed E-state index contributed by atoms with van der Waals surface area (Å²) in [5, 5.41) is 19.3. The second-order valence-electron chi connectivity index (χ2n) is 4.50. The number of aliphatic hydroxyl groups is 2. The average Bonchev–Trinajstić information content (AvgIpc) is 2.03. The Morgan fingerprint density at radius 2 is 1.67 bits per heavy atom. The summed E-state index contributed by atoms with van der Waals surface area (Å²) in [7, 11) is 0. The minimum absolute atomic E-state index is 0.318. The van der Waals surface area contributed by atoms with Gasteiger partial charge in [-0.25, -0.2) is 0 Å².